The number of esters is 2. The number of hydrogen-bond acceptors (Lipinski definition) is 6. The second-order valence-corrected chi connectivity index (χ2v) is 11.8. The average Bonchev–Trinajstić information content (AvgIpc) is 2.98. The number of carbonyl (C=O) groups is 3. The van der Waals surface area contributed by atoms with E-state index in [1.54, 1.807) is 6.08 Å². The summed E-state index contributed by atoms with van der Waals surface area (Å²) in [6.45, 7) is 6.33. The van der Waals surface area contributed by atoms with Crippen molar-refractivity contribution in [2.24, 2.45) is 5.92 Å². The number of ketones is 1. The van der Waals surface area contributed by atoms with Crippen molar-refractivity contribution in [2.45, 2.75) is 149 Å². The van der Waals surface area contributed by atoms with Crippen LogP contribution in [0.5, 0.6) is 0 Å². The fraction of sp³-hybridized carbons (Fsp3) is 0.703. The van der Waals surface area contributed by atoms with E-state index in [-0.39, 0.29) is 37.8 Å². The molecule has 0 saturated heterocycles. The first-order chi connectivity index (χ1) is 20.8. The van der Waals surface area contributed by atoms with Gasteiger partial charge in [-0.3, -0.25) is 14.4 Å². The Kier molecular flexibility index (Phi) is 29.2. The minimum absolute atomic E-state index is 0.0507. The highest BCUT2D eigenvalue weighted by molar-refractivity contribution is 5.90. The van der Waals surface area contributed by atoms with Gasteiger partial charge in [0.05, 0.1) is 0 Å². The molecule has 0 aliphatic rings. The third-order valence-electron chi connectivity index (χ3n) is 6.97. The summed E-state index contributed by atoms with van der Waals surface area (Å²) in [6, 6.07) is 0. The van der Waals surface area contributed by atoms with E-state index in [9.17, 15) is 19.5 Å². The summed E-state index contributed by atoms with van der Waals surface area (Å²) in [7, 11) is 0. The van der Waals surface area contributed by atoms with Crippen molar-refractivity contribution in [2.75, 3.05) is 13.2 Å². The molecule has 0 aromatic carbocycles. The third-order valence-corrected chi connectivity index (χ3v) is 6.97. The van der Waals surface area contributed by atoms with Crippen molar-refractivity contribution in [3.05, 3.63) is 48.6 Å². The fourth-order valence-corrected chi connectivity index (χ4v) is 4.34. The van der Waals surface area contributed by atoms with Gasteiger partial charge in [0.25, 0.3) is 0 Å². The van der Waals surface area contributed by atoms with Crippen LogP contribution in [0.1, 0.15) is 143 Å². The van der Waals surface area contributed by atoms with E-state index in [0.717, 1.165) is 44.4 Å². The molecule has 0 saturated carbocycles. The van der Waals surface area contributed by atoms with Crippen molar-refractivity contribution in [3.63, 3.8) is 0 Å². The molecule has 0 fully saturated rings. The van der Waals surface area contributed by atoms with E-state index in [4.69, 9.17) is 9.47 Å². The van der Waals surface area contributed by atoms with Crippen molar-refractivity contribution in [1.29, 1.82) is 0 Å². The van der Waals surface area contributed by atoms with Gasteiger partial charge in [0.1, 0.15) is 19.3 Å². The first-order valence-electron chi connectivity index (χ1n) is 17.0. The van der Waals surface area contributed by atoms with Gasteiger partial charge in [0.2, 0.25) is 0 Å². The standard InChI is InChI=1S/C37H62O6/c1-4-5-6-7-8-9-10-11-12-13-17-20-23-27-34(38)28-25-30-37(41)43-32-35(39)31-42-36(40)29-24-21-18-15-14-16-19-22-26-33(2)3/h8-9,11-12,17,20,23,27,33,35,39H,4-7,10,13-16,18-19,21-22,24-26,28-32H2,1-3H3/b9-8-,12-11-,20-17-,27-23+/t35-/m0/s1. The van der Waals surface area contributed by atoms with E-state index >= 15 is 0 Å². The maximum absolute atomic E-state index is 12.0. The molecule has 1 N–H and O–H groups in total. The zero-order chi connectivity index (χ0) is 31.8. The molecule has 0 radical (unpaired) electrons. The van der Waals surface area contributed by atoms with E-state index in [0.29, 0.717) is 12.8 Å². The SMILES string of the molecule is CCCCC/C=C\C/C=C\C/C=C\C=C\C(=O)CCCC(=O)OC[C@@H](O)COC(=O)CCCCCCCCCCC(C)C. The Morgan fingerprint density at radius 3 is 1.81 bits per heavy atom. The second-order valence-electron chi connectivity index (χ2n) is 11.8. The number of unbranched alkanes of at least 4 members (excludes halogenated alkanes) is 10. The predicted molar refractivity (Wildman–Crippen MR) is 178 cm³/mol. The molecular weight excluding hydrogens is 540 g/mol. The second kappa shape index (κ2) is 31.0. The highest BCUT2D eigenvalue weighted by atomic mass is 16.6. The van der Waals surface area contributed by atoms with Crippen LogP contribution in [0.25, 0.3) is 0 Å². The van der Waals surface area contributed by atoms with Crippen molar-refractivity contribution in [1.82, 2.24) is 0 Å². The molecule has 0 aliphatic heterocycles. The molecule has 6 nitrogen and oxygen atoms in total. The number of hydrogen-bond donors (Lipinski definition) is 1. The molecule has 0 unspecified atom stereocenters. The molecule has 0 aromatic heterocycles. The average molecular weight is 603 g/mol. The zero-order valence-electron chi connectivity index (χ0n) is 27.6. The van der Waals surface area contributed by atoms with Crippen molar-refractivity contribution < 1.29 is 29.0 Å². The fourth-order valence-electron chi connectivity index (χ4n) is 4.34. The summed E-state index contributed by atoms with van der Waals surface area (Å²) in [4.78, 5) is 35.7. The number of ether oxygens (including phenoxy) is 2. The van der Waals surface area contributed by atoms with Crippen LogP contribution in [-0.2, 0) is 23.9 Å². The molecule has 6 heteroatoms. The Hall–Kier alpha value is -2.47. The van der Waals surface area contributed by atoms with Crippen molar-refractivity contribution in [3.8, 4) is 0 Å². The van der Waals surface area contributed by atoms with Gasteiger partial charge in [-0.15, -0.1) is 0 Å². The summed E-state index contributed by atoms with van der Waals surface area (Å²) < 4.78 is 10.1. The van der Waals surface area contributed by atoms with E-state index in [1.807, 2.05) is 12.2 Å². The Morgan fingerprint density at radius 1 is 0.628 bits per heavy atom. The predicted octanol–water partition coefficient (Wildman–Crippen LogP) is 9.32. The molecule has 1 atom stereocenters. The maximum atomic E-state index is 12.0. The van der Waals surface area contributed by atoms with Crippen LogP contribution in [-0.4, -0.2) is 42.1 Å². The minimum Gasteiger partial charge on any atom is -0.463 e. The monoisotopic (exact) mass is 602 g/mol. The van der Waals surface area contributed by atoms with Gasteiger partial charge in [-0.1, -0.05) is 128 Å². The molecule has 0 heterocycles. The van der Waals surface area contributed by atoms with Crippen molar-refractivity contribution >= 4 is 17.7 Å². The van der Waals surface area contributed by atoms with Gasteiger partial charge in [0, 0.05) is 19.3 Å². The normalized spacial score (nSPS) is 12.8. The van der Waals surface area contributed by atoms with Gasteiger partial charge in [-0.25, -0.2) is 0 Å². The van der Waals surface area contributed by atoms with E-state index < -0.39 is 12.1 Å². The van der Waals surface area contributed by atoms with E-state index in [2.05, 4.69) is 45.1 Å². The molecule has 43 heavy (non-hydrogen) atoms. The van der Waals surface area contributed by atoms with Gasteiger partial charge < -0.3 is 14.6 Å². The molecular formula is C37H62O6. The van der Waals surface area contributed by atoms with Gasteiger partial charge in [-0.2, -0.15) is 0 Å². The molecule has 0 rings (SSSR count). The van der Waals surface area contributed by atoms with E-state index in [1.165, 1.54) is 63.9 Å². The molecule has 0 aliphatic carbocycles. The van der Waals surface area contributed by atoms with Crippen LogP contribution in [0.4, 0.5) is 0 Å². The molecule has 0 amide bonds. The zero-order valence-corrected chi connectivity index (χ0v) is 27.6. The van der Waals surface area contributed by atoms with Crippen LogP contribution in [0, 0.1) is 5.92 Å². The van der Waals surface area contributed by atoms with Crippen LogP contribution < -0.4 is 0 Å². The topological polar surface area (TPSA) is 89.9 Å². The highest BCUT2D eigenvalue weighted by Gasteiger charge is 2.12. The quantitative estimate of drug-likeness (QED) is 0.0302. The number of rotatable bonds is 29. The highest BCUT2D eigenvalue weighted by Crippen LogP contribution is 2.13. The summed E-state index contributed by atoms with van der Waals surface area (Å²) in [5.41, 5.74) is 0. The smallest absolute Gasteiger partial charge is 0.305 e. The van der Waals surface area contributed by atoms with Gasteiger partial charge in [-0.05, 0) is 50.5 Å². The Bertz CT molecular complexity index is 808. The molecule has 246 valence electrons. The van der Waals surface area contributed by atoms with Crippen LogP contribution in [0.3, 0.4) is 0 Å². The Morgan fingerprint density at radius 2 is 1.19 bits per heavy atom. The lowest BCUT2D eigenvalue weighted by molar-refractivity contribution is -0.152. The lowest BCUT2D eigenvalue weighted by Crippen LogP contribution is -2.25. The van der Waals surface area contributed by atoms with Crippen LogP contribution in [0.15, 0.2) is 48.6 Å². The molecule has 0 aromatic rings. The van der Waals surface area contributed by atoms with Crippen LogP contribution >= 0.6 is 0 Å². The summed E-state index contributed by atoms with van der Waals surface area (Å²) in [6.07, 6.45) is 33.1. The molecule has 0 spiro atoms. The first-order valence-corrected chi connectivity index (χ1v) is 17.0. The first kappa shape index (κ1) is 40.5. The van der Waals surface area contributed by atoms with Gasteiger partial charge in [0.15, 0.2) is 5.78 Å². The third kappa shape index (κ3) is 32.3. The van der Waals surface area contributed by atoms with Gasteiger partial charge >= 0.3 is 11.9 Å². The summed E-state index contributed by atoms with van der Waals surface area (Å²) >= 11 is 0. The lowest BCUT2D eigenvalue weighted by atomic mass is 10.0. The number of aliphatic hydroxyl groups excluding tert-OH is 1. The maximum Gasteiger partial charge on any atom is 0.305 e. The van der Waals surface area contributed by atoms with Crippen LogP contribution in [0.2, 0.25) is 0 Å². The minimum atomic E-state index is -1.05. The molecule has 0 bridgehead atoms. The summed E-state index contributed by atoms with van der Waals surface area (Å²) in [5.74, 6) is -0.0751. The lowest BCUT2D eigenvalue weighted by Gasteiger charge is -2.12. The Balaban J connectivity index is 3.71. The summed E-state index contributed by atoms with van der Waals surface area (Å²) in [5, 5.41) is 9.94. The number of aliphatic hydroxyl groups is 1. The number of carbonyl (C=O) groups excluding carboxylic acids is 3. The Labute approximate surface area is 263 Å². The number of allylic oxidation sites excluding steroid dienone is 8. The largest absolute Gasteiger partial charge is 0.463 e.